The van der Waals surface area contributed by atoms with Crippen LogP contribution in [0, 0.1) is 33.0 Å². The van der Waals surface area contributed by atoms with Crippen molar-refractivity contribution in [2.75, 3.05) is 39.8 Å². The maximum absolute atomic E-state index is 13.9. The molecule has 0 aliphatic rings. The zero-order valence-electron chi connectivity index (χ0n) is 32.9. The molecular weight excluding hydrogens is 744 g/mol. The molecule has 0 radical (unpaired) electrons. The lowest BCUT2D eigenvalue weighted by molar-refractivity contribution is -0.135. The molecule has 324 valence electrons. The molecule has 0 aromatic heterocycles. The highest BCUT2D eigenvalue weighted by atomic mass is 16.2. The Labute approximate surface area is 332 Å². The van der Waals surface area contributed by atoms with Crippen molar-refractivity contribution in [2.24, 2.45) is 34.6 Å². The standard InChI is InChI=1S/C32H66N20O5/c1-18(8-3-13-44-28(33)34)23(53)49-20(10-5-15-46-30(37)38)25(55)51-22(12-7-17-48-32(41)42)27(57)52-21(11-6-16-47-31(39)40)26(56)50-19(24(54)43-2)9-4-14-45-29(35)36/h18-22H,3-17H2,1-2H3,(H,43,54)(H,49,53)(H,50,56)(H,51,55)(H,52,57)(H4,33,34,44)(H4,35,36,45)(H4,37,38,46)(H4,39,40,47)(H4,41,42,48)/t18-,19-,20-,21-,22-/m1/s1. The number of hydrogen-bond donors (Lipinski definition) is 20. The van der Waals surface area contributed by atoms with Gasteiger partial charge in [-0.05, 0) is 64.2 Å². The number of guanidine groups is 5. The van der Waals surface area contributed by atoms with Crippen molar-refractivity contribution in [1.82, 2.24) is 53.2 Å². The number of amides is 5. The predicted octanol–water partition coefficient (Wildman–Crippen LogP) is -5.38. The quantitative estimate of drug-likeness (QED) is 0.0190. The number of nitrogens with one attached hydrogen (secondary N) is 15. The van der Waals surface area contributed by atoms with Crippen LogP contribution in [-0.4, -0.2) is 123 Å². The molecule has 25 N–H and O–H groups in total. The predicted molar refractivity (Wildman–Crippen MR) is 217 cm³/mol. The number of rotatable bonds is 29. The van der Waals surface area contributed by atoms with Crippen LogP contribution in [0.3, 0.4) is 0 Å². The van der Waals surface area contributed by atoms with E-state index >= 15 is 0 Å². The minimum atomic E-state index is -1.24. The van der Waals surface area contributed by atoms with E-state index in [9.17, 15) is 24.0 Å². The van der Waals surface area contributed by atoms with Crippen molar-refractivity contribution in [1.29, 1.82) is 27.0 Å². The van der Waals surface area contributed by atoms with Crippen LogP contribution in [0.2, 0.25) is 0 Å². The van der Waals surface area contributed by atoms with Gasteiger partial charge in [0.15, 0.2) is 29.8 Å². The second kappa shape index (κ2) is 29.0. The van der Waals surface area contributed by atoms with Gasteiger partial charge in [-0.25, -0.2) is 0 Å². The van der Waals surface area contributed by atoms with Gasteiger partial charge in [0.25, 0.3) is 0 Å². The van der Waals surface area contributed by atoms with Crippen molar-refractivity contribution in [2.45, 2.75) is 95.3 Å². The minimum Gasteiger partial charge on any atom is -0.370 e. The summed E-state index contributed by atoms with van der Waals surface area (Å²) >= 11 is 0. The maximum Gasteiger partial charge on any atom is 0.243 e. The van der Waals surface area contributed by atoms with Crippen LogP contribution < -0.4 is 81.8 Å². The van der Waals surface area contributed by atoms with E-state index in [0.29, 0.717) is 32.2 Å². The summed E-state index contributed by atoms with van der Waals surface area (Å²) < 4.78 is 0. The van der Waals surface area contributed by atoms with E-state index in [-0.39, 0.29) is 94.5 Å². The summed E-state index contributed by atoms with van der Waals surface area (Å²) in [6.07, 6.45) is 2.45. The number of carbonyl (C=O) groups is 5. The highest BCUT2D eigenvalue weighted by molar-refractivity contribution is 5.95. The van der Waals surface area contributed by atoms with Crippen LogP contribution in [0.15, 0.2) is 0 Å². The van der Waals surface area contributed by atoms with E-state index < -0.39 is 59.6 Å². The average molecular weight is 811 g/mol. The van der Waals surface area contributed by atoms with Gasteiger partial charge in [-0.3, -0.25) is 51.0 Å². The number of hydrogen-bond acceptors (Lipinski definition) is 10. The van der Waals surface area contributed by atoms with Gasteiger partial charge < -0.3 is 81.8 Å². The molecule has 0 aromatic carbocycles. The van der Waals surface area contributed by atoms with Gasteiger partial charge in [0.1, 0.15) is 24.2 Å². The Hall–Kier alpha value is -6.30. The smallest absolute Gasteiger partial charge is 0.243 e. The molecule has 0 aliphatic carbocycles. The summed E-state index contributed by atoms with van der Waals surface area (Å²) in [5, 5.41) is 63.4. The molecule has 5 atom stereocenters. The van der Waals surface area contributed by atoms with Gasteiger partial charge >= 0.3 is 0 Å². The zero-order valence-corrected chi connectivity index (χ0v) is 32.9. The van der Waals surface area contributed by atoms with E-state index in [1.165, 1.54) is 7.05 Å². The summed E-state index contributed by atoms with van der Waals surface area (Å²) in [5.74, 6) is -4.89. The Bertz CT molecular complexity index is 1360. The summed E-state index contributed by atoms with van der Waals surface area (Å²) in [6.45, 7) is 2.91. The van der Waals surface area contributed by atoms with Crippen LogP contribution in [0.1, 0.15) is 71.1 Å². The first kappa shape index (κ1) is 50.7. The minimum absolute atomic E-state index is 0.0220. The molecule has 57 heavy (non-hydrogen) atoms. The van der Waals surface area contributed by atoms with Gasteiger partial charge in [0.05, 0.1) is 0 Å². The van der Waals surface area contributed by atoms with Crippen molar-refractivity contribution in [3.8, 4) is 0 Å². The highest BCUT2D eigenvalue weighted by Gasteiger charge is 2.31. The van der Waals surface area contributed by atoms with E-state index in [2.05, 4.69) is 53.2 Å². The van der Waals surface area contributed by atoms with Crippen molar-refractivity contribution in [3.63, 3.8) is 0 Å². The van der Waals surface area contributed by atoms with E-state index in [1.807, 2.05) is 0 Å². The zero-order chi connectivity index (χ0) is 43.3. The maximum atomic E-state index is 13.9. The molecular formula is C32H66N20O5. The first-order valence-electron chi connectivity index (χ1n) is 18.7. The lowest BCUT2D eigenvalue weighted by Gasteiger charge is -2.27. The van der Waals surface area contributed by atoms with E-state index in [0.717, 1.165) is 0 Å². The monoisotopic (exact) mass is 811 g/mol. The molecule has 0 spiro atoms. The molecule has 0 saturated heterocycles. The largest absolute Gasteiger partial charge is 0.370 e. The molecule has 0 fully saturated rings. The third-order valence-electron chi connectivity index (χ3n) is 8.30. The fraction of sp³-hybridized carbons (Fsp3) is 0.688. The molecule has 0 aromatic rings. The molecule has 0 rings (SSSR count). The summed E-state index contributed by atoms with van der Waals surface area (Å²) in [7, 11) is 1.40. The van der Waals surface area contributed by atoms with Gasteiger partial charge in [0, 0.05) is 45.7 Å². The Morgan fingerprint density at radius 3 is 0.877 bits per heavy atom. The Morgan fingerprint density at radius 2 is 0.632 bits per heavy atom. The third kappa shape index (κ3) is 25.4. The molecule has 0 bridgehead atoms. The van der Waals surface area contributed by atoms with E-state index in [1.54, 1.807) is 6.92 Å². The van der Waals surface area contributed by atoms with E-state index in [4.69, 9.17) is 55.7 Å². The second-order valence-corrected chi connectivity index (χ2v) is 13.2. The number of nitrogens with two attached hydrogens (primary N) is 5. The fourth-order valence-corrected chi connectivity index (χ4v) is 5.26. The summed E-state index contributed by atoms with van der Waals surface area (Å²) in [4.78, 5) is 67.3. The SMILES string of the molecule is CNC(=O)[C@@H](CCCNC(=N)N)NC(=O)[C@@H](CCCNC(=N)N)NC(=O)[C@@H](CCCNC(=N)N)NC(=O)[C@@H](CCCNC(=N)N)NC(=O)[C@H](C)CCCNC(=N)N. The molecule has 25 heteroatoms. The first-order valence-corrected chi connectivity index (χ1v) is 18.7. The average Bonchev–Trinajstić information content (AvgIpc) is 3.13. The third-order valence-corrected chi connectivity index (χ3v) is 8.30. The van der Waals surface area contributed by atoms with Crippen LogP contribution in [-0.2, 0) is 24.0 Å². The van der Waals surface area contributed by atoms with Crippen LogP contribution in [0.25, 0.3) is 0 Å². The summed E-state index contributed by atoms with van der Waals surface area (Å²) in [6, 6.07) is -4.57. The molecule has 5 amide bonds. The lowest BCUT2D eigenvalue weighted by Crippen LogP contribution is -2.58. The summed E-state index contributed by atoms with van der Waals surface area (Å²) in [5.41, 5.74) is 26.8. The number of likely N-dealkylation sites (N-methyl/N-ethyl adjacent to an activating group) is 1. The molecule has 25 nitrogen and oxygen atoms in total. The Kier molecular flexibility index (Phi) is 25.8. The van der Waals surface area contributed by atoms with Gasteiger partial charge in [0.2, 0.25) is 29.5 Å². The highest BCUT2D eigenvalue weighted by Crippen LogP contribution is 2.09. The van der Waals surface area contributed by atoms with Gasteiger partial charge in [-0.15, -0.1) is 0 Å². The van der Waals surface area contributed by atoms with Crippen LogP contribution in [0.4, 0.5) is 0 Å². The topological polar surface area (TPSA) is 455 Å². The molecule has 0 aliphatic heterocycles. The van der Waals surface area contributed by atoms with Gasteiger partial charge in [-0.2, -0.15) is 0 Å². The van der Waals surface area contributed by atoms with Crippen molar-refractivity contribution >= 4 is 59.3 Å². The van der Waals surface area contributed by atoms with Crippen molar-refractivity contribution in [3.05, 3.63) is 0 Å². The number of carbonyl (C=O) groups excluding carboxylic acids is 5. The molecule has 0 saturated carbocycles. The van der Waals surface area contributed by atoms with Crippen LogP contribution >= 0.6 is 0 Å². The normalized spacial score (nSPS) is 13.1. The van der Waals surface area contributed by atoms with Crippen molar-refractivity contribution < 1.29 is 24.0 Å². The molecule has 0 heterocycles. The second-order valence-electron chi connectivity index (χ2n) is 13.2. The molecule has 0 unspecified atom stereocenters. The van der Waals surface area contributed by atoms with Gasteiger partial charge in [-0.1, -0.05) is 6.92 Å². The van der Waals surface area contributed by atoms with Crippen LogP contribution in [0.5, 0.6) is 0 Å². The first-order chi connectivity index (χ1) is 26.9. The fourth-order valence-electron chi connectivity index (χ4n) is 5.26. The lowest BCUT2D eigenvalue weighted by atomic mass is 10.0. The Morgan fingerprint density at radius 1 is 0.404 bits per heavy atom. The Balaban J connectivity index is 6.30.